The number of likely N-dealkylation sites (N-methyl/N-ethyl adjacent to an activating group) is 1. The van der Waals surface area contributed by atoms with Gasteiger partial charge in [-0.2, -0.15) is 0 Å². The van der Waals surface area contributed by atoms with Crippen molar-refractivity contribution in [2.45, 2.75) is 20.3 Å². The van der Waals surface area contributed by atoms with Crippen LogP contribution in [0.1, 0.15) is 28.5 Å². The highest BCUT2D eigenvalue weighted by molar-refractivity contribution is 9.10. The van der Waals surface area contributed by atoms with Gasteiger partial charge in [0, 0.05) is 27.7 Å². The molecule has 0 aliphatic rings. The highest BCUT2D eigenvalue weighted by Gasteiger charge is 2.23. The van der Waals surface area contributed by atoms with Gasteiger partial charge in [0.2, 0.25) is 5.91 Å². The third kappa shape index (κ3) is 3.80. The van der Waals surface area contributed by atoms with E-state index < -0.39 is 0 Å². The van der Waals surface area contributed by atoms with Crippen molar-refractivity contribution in [3.63, 3.8) is 0 Å². The summed E-state index contributed by atoms with van der Waals surface area (Å²) in [5, 5.41) is 3.98. The average molecular weight is 464 g/mol. The van der Waals surface area contributed by atoms with Crippen molar-refractivity contribution in [1.29, 1.82) is 0 Å². The summed E-state index contributed by atoms with van der Waals surface area (Å²) in [6, 6.07) is 10.6. The van der Waals surface area contributed by atoms with Crippen molar-refractivity contribution >= 4 is 50.2 Å². The number of carbonyl (C=O) groups is 2. The Morgan fingerprint density at radius 2 is 1.89 bits per heavy atom. The van der Waals surface area contributed by atoms with Crippen molar-refractivity contribution in [3.8, 4) is 5.75 Å². The van der Waals surface area contributed by atoms with Gasteiger partial charge in [-0.3, -0.25) is 14.2 Å². The lowest BCUT2D eigenvalue weighted by molar-refractivity contribution is -0.120. The highest BCUT2D eigenvalue weighted by Crippen LogP contribution is 2.35. The lowest BCUT2D eigenvalue weighted by atomic mass is 10.1. The summed E-state index contributed by atoms with van der Waals surface area (Å²) in [6.07, 6.45) is 0.168. The molecular formula is C21H20BrClN2O3. The number of nitrogens with one attached hydrogen (secondary N) is 1. The number of hydrogen-bond acceptors (Lipinski definition) is 3. The molecule has 7 heteroatoms. The molecule has 0 bridgehead atoms. The number of methoxy groups -OCH3 is 1. The molecule has 3 aromatic rings. The van der Waals surface area contributed by atoms with Crippen LogP contribution in [0, 0.1) is 6.92 Å². The standard InChI is InChI=1S/C21H20BrClN2O3/c1-4-24-20(26)10-15-12(2)25(21(27)13-5-7-14(22)8-6-13)18-11-17(23)19(28-3)9-16(15)18/h5-9,11H,4,10H2,1-3H3,(H,24,26). The van der Waals surface area contributed by atoms with Crippen LogP contribution in [-0.2, 0) is 11.2 Å². The molecule has 146 valence electrons. The quantitative estimate of drug-likeness (QED) is 0.594. The number of halogens is 2. The Labute approximate surface area is 176 Å². The third-order valence-electron chi connectivity index (χ3n) is 4.61. The number of carbonyl (C=O) groups excluding carboxylic acids is 2. The summed E-state index contributed by atoms with van der Waals surface area (Å²) in [7, 11) is 1.54. The summed E-state index contributed by atoms with van der Waals surface area (Å²) < 4.78 is 7.84. The Bertz CT molecular complexity index is 1060. The number of aromatic nitrogens is 1. The molecule has 2 aromatic carbocycles. The Morgan fingerprint density at radius 3 is 2.50 bits per heavy atom. The maximum absolute atomic E-state index is 13.3. The van der Waals surface area contributed by atoms with Crippen LogP contribution in [0.5, 0.6) is 5.75 Å². The zero-order valence-corrected chi connectivity index (χ0v) is 18.1. The second-order valence-corrected chi connectivity index (χ2v) is 7.67. The van der Waals surface area contributed by atoms with E-state index in [0.717, 1.165) is 15.4 Å². The van der Waals surface area contributed by atoms with Gasteiger partial charge in [-0.05, 0) is 55.8 Å². The molecule has 1 amide bonds. The minimum absolute atomic E-state index is 0.102. The van der Waals surface area contributed by atoms with Gasteiger partial charge in [-0.25, -0.2) is 0 Å². The van der Waals surface area contributed by atoms with Gasteiger partial charge >= 0.3 is 0 Å². The molecule has 0 saturated heterocycles. The number of amides is 1. The van der Waals surface area contributed by atoms with Gasteiger partial charge in [0.25, 0.3) is 5.91 Å². The summed E-state index contributed by atoms with van der Waals surface area (Å²) in [4.78, 5) is 25.5. The van der Waals surface area contributed by atoms with Crippen LogP contribution in [0.15, 0.2) is 40.9 Å². The van der Waals surface area contributed by atoms with Gasteiger partial charge in [0.05, 0.1) is 24.1 Å². The number of ether oxygens (including phenoxy) is 1. The SMILES string of the molecule is CCNC(=O)Cc1c(C)n(C(=O)c2ccc(Br)cc2)c2cc(Cl)c(OC)cc12. The summed E-state index contributed by atoms with van der Waals surface area (Å²) in [6.45, 7) is 4.25. The van der Waals surface area contributed by atoms with E-state index in [1.807, 2.05) is 26.0 Å². The predicted molar refractivity (Wildman–Crippen MR) is 114 cm³/mol. The van der Waals surface area contributed by atoms with Gasteiger partial charge in [0.15, 0.2) is 0 Å². The van der Waals surface area contributed by atoms with Crippen LogP contribution >= 0.6 is 27.5 Å². The maximum atomic E-state index is 13.3. The molecule has 28 heavy (non-hydrogen) atoms. The monoisotopic (exact) mass is 462 g/mol. The van der Waals surface area contributed by atoms with E-state index in [2.05, 4.69) is 21.2 Å². The molecule has 0 aliphatic carbocycles. The number of hydrogen-bond donors (Lipinski definition) is 1. The molecular weight excluding hydrogens is 444 g/mol. The zero-order chi connectivity index (χ0) is 20.4. The summed E-state index contributed by atoms with van der Waals surface area (Å²) >= 11 is 9.71. The Kier molecular flexibility index (Phi) is 6.10. The summed E-state index contributed by atoms with van der Waals surface area (Å²) in [5.41, 5.74) is 2.68. The topological polar surface area (TPSA) is 60.3 Å². The first-order chi connectivity index (χ1) is 13.4. The number of benzene rings is 2. The summed E-state index contributed by atoms with van der Waals surface area (Å²) in [5.74, 6) is 0.215. The Hall–Kier alpha value is -2.31. The fourth-order valence-electron chi connectivity index (χ4n) is 3.26. The molecule has 0 saturated carbocycles. The first kappa shape index (κ1) is 20.4. The fourth-order valence-corrected chi connectivity index (χ4v) is 3.76. The van der Waals surface area contributed by atoms with Crippen LogP contribution in [0.25, 0.3) is 10.9 Å². The predicted octanol–water partition coefficient (Wildman–Crippen LogP) is 4.74. The van der Waals surface area contributed by atoms with E-state index in [9.17, 15) is 9.59 Å². The second-order valence-electron chi connectivity index (χ2n) is 6.35. The Balaban J connectivity index is 2.22. The van der Waals surface area contributed by atoms with Crippen molar-refractivity contribution in [2.24, 2.45) is 0 Å². The molecule has 1 aromatic heterocycles. The van der Waals surface area contributed by atoms with Gasteiger partial charge in [-0.15, -0.1) is 0 Å². The van der Waals surface area contributed by atoms with Crippen LogP contribution < -0.4 is 10.1 Å². The van der Waals surface area contributed by atoms with Crippen molar-refractivity contribution in [2.75, 3.05) is 13.7 Å². The molecule has 0 unspecified atom stereocenters. The zero-order valence-electron chi connectivity index (χ0n) is 15.8. The number of nitrogens with zero attached hydrogens (tertiary/aromatic N) is 1. The van der Waals surface area contributed by atoms with Gasteiger partial charge in [-0.1, -0.05) is 27.5 Å². The molecule has 0 atom stereocenters. The second kappa shape index (κ2) is 8.37. The van der Waals surface area contributed by atoms with Crippen LogP contribution in [0.4, 0.5) is 0 Å². The molecule has 5 nitrogen and oxygen atoms in total. The normalized spacial score (nSPS) is 10.9. The average Bonchev–Trinajstić information content (AvgIpc) is 2.92. The van der Waals surface area contributed by atoms with Gasteiger partial charge < -0.3 is 10.1 Å². The molecule has 1 heterocycles. The molecule has 0 aliphatic heterocycles. The number of rotatable bonds is 5. The molecule has 0 spiro atoms. The number of fused-ring (bicyclic) bond motifs is 1. The minimum atomic E-state index is -0.182. The van der Waals surface area contributed by atoms with Crippen LogP contribution in [-0.4, -0.2) is 30.0 Å². The van der Waals surface area contributed by atoms with E-state index >= 15 is 0 Å². The van der Waals surface area contributed by atoms with E-state index in [-0.39, 0.29) is 18.2 Å². The lowest BCUT2D eigenvalue weighted by Crippen LogP contribution is -2.24. The molecule has 1 N–H and O–H groups in total. The highest BCUT2D eigenvalue weighted by atomic mass is 79.9. The van der Waals surface area contributed by atoms with Crippen LogP contribution in [0.2, 0.25) is 5.02 Å². The molecule has 0 fully saturated rings. The van der Waals surface area contributed by atoms with E-state index in [1.54, 1.807) is 28.8 Å². The molecule has 0 radical (unpaired) electrons. The van der Waals surface area contributed by atoms with E-state index in [0.29, 0.717) is 34.1 Å². The first-order valence-corrected chi connectivity index (χ1v) is 9.98. The molecule has 3 rings (SSSR count). The maximum Gasteiger partial charge on any atom is 0.262 e. The third-order valence-corrected chi connectivity index (χ3v) is 5.44. The minimum Gasteiger partial charge on any atom is -0.495 e. The smallest absolute Gasteiger partial charge is 0.262 e. The largest absolute Gasteiger partial charge is 0.495 e. The lowest BCUT2D eigenvalue weighted by Gasteiger charge is -2.09. The van der Waals surface area contributed by atoms with Crippen molar-refractivity contribution in [3.05, 3.63) is 62.7 Å². The van der Waals surface area contributed by atoms with Crippen molar-refractivity contribution in [1.82, 2.24) is 9.88 Å². The van der Waals surface area contributed by atoms with E-state index in [1.165, 1.54) is 7.11 Å². The van der Waals surface area contributed by atoms with Crippen molar-refractivity contribution < 1.29 is 14.3 Å². The Morgan fingerprint density at radius 1 is 1.21 bits per heavy atom. The first-order valence-electron chi connectivity index (χ1n) is 8.81. The van der Waals surface area contributed by atoms with Crippen LogP contribution in [0.3, 0.4) is 0 Å². The van der Waals surface area contributed by atoms with Gasteiger partial charge in [0.1, 0.15) is 5.75 Å². The van der Waals surface area contributed by atoms with E-state index in [4.69, 9.17) is 16.3 Å². The fraction of sp³-hybridized carbons (Fsp3) is 0.238.